The predicted molar refractivity (Wildman–Crippen MR) is 115 cm³/mol. The van der Waals surface area contributed by atoms with Crippen LogP contribution >= 0.6 is 7.51 Å². The maximum absolute atomic E-state index is 5.75. The molecule has 3 saturated heterocycles. The molecule has 0 spiro atoms. The Bertz CT molecular complexity index is 793. The predicted octanol–water partition coefficient (Wildman–Crippen LogP) is 5.70. The summed E-state index contributed by atoms with van der Waals surface area (Å²) in [7, 11) is -1.84. The van der Waals surface area contributed by atoms with Crippen LogP contribution in [0.4, 0.5) is 5.69 Å². The van der Waals surface area contributed by atoms with Gasteiger partial charge in [0, 0.05) is 44.7 Å². The second kappa shape index (κ2) is 7.67. The lowest BCUT2D eigenvalue weighted by molar-refractivity contribution is 0.384. The first-order valence-corrected chi connectivity index (χ1v) is 12.3. The maximum Gasteiger partial charge on any atom is 0.173 e. The van der Waals surface area contributed by atoms with E-state index in [1.54, 1.807) is 0 Å². The Balaban J connectivity index is 1.73. The first-order chi connectivity index (χ1) is 13.4. The first kappa shape index (κ1) is 17.9. The number of rotatable bonds is 4. The molecule has 0 aliphatic carbocycles. The summed E-state index contributed by atoms with van der Waals surface area (Å²) in [5.41, 5.74) is 1.20. The van der Waals surface area contributed by atoms with Crippen LogP contribution in [0, 0.1) is 0 Å². The van der Waals surface area contributed by atoms with Crippen LogP contribution in [0.5, 0.6) is 0 Å². The average molecular weight is 382 g/mol. The molecule has 0 amide bonds. The molecule has 27 heavy (non-hydrogen) atoms. The monoisotopic (exact) mass is 382 g/mol. The topological polar surface area (TPSA) is 22.1 Å². The molecule has 2 aromatic rings. The highest BCUT2D eigenvalue weighted by molar-refractivity contribution is 7.59. The van der Waals surface area contributed by atoms with Crippen molar-refractivity contribution in [1.82, 2.24) is 14.0 Å². The summed E-state index contributed by atoms with van der Waals surface area (Å²) in [6.07, 6.45) is 7.97. The van der Waals surface area contributed by atoms with Gasteiger partial charge in [-0.3, -0.25) is 0 Å². The van der Waals surface area contributed by atoms with Gasteiger partial charge in [-0.1, -0.05) is 36.4 Å². The Morgan fingerprint density at radius 3 is 1.63 bits per heavy atom. The fraction of sp³-hybridized carbons (Fsp3) is 0.545. The molecule has 0 aromatic heterocycles. The van der Waals surface area contributed by atoms with Crippen molar-refractivity contribution in [2.24, 2.45) is 4.74 Å². The van der Waals surface area contributed by atoms with E-state index in [0.717, 1.165) is 0 Å². The minimum atomic E-state index is -1.84. The lowest BCUT2D eigenvalue weighted by Crippen LogP contribution is -2.38. The van der Waals surface area contributed by atoms with Gasteiger partial charge in [-0.2, -0.15) is 0 Å². The van der Waals surface area contributed by atoms with Gasteiger partial charge in [-0.15, -0.1) is 0 Å². The third-order valence-corrected chi connectivity index (χ3v) is 10.4. The van der Waals surface area contributed by atoms with Gasteiger partial charge < -0.3 is 0 Å². The minimum Gasteiger partial charge on any atom is -0.246 e. The lowest BCUT2D eigenvalue weighted by Gasteiger charge is -2.45. The molecule has 0 bridgehead atoms. The van der Waals surface area contributed by atoms with E-state index in [2.05, 4.69) is 56.5 Å². The smallest absolute Gasteiger partial charge is 0.173 e. The second-order valence-electron chi connectivity index (χ2n) is 8.12. The third-order valence-electron chi connectivity index (χ3n) is 6.39. The van der Waals surface area contributed by atoms with E-state index in [1.807, 2.05) is 0 Å². The Labute approximate surface area is 163 Å². The zero-order valence-electron chi connectivity index (χ0n) is 16.3. The normalized spacial score (nSPS) is 22.8. The molecular weight excluding hydrogens is 351 g/mol. The van der Waals surface area contributed by atoms with Crippen LogP contribution in [0.15, 0.2) is 47.2 Å². The number of nitrogens with zero attached hydrogens (tertiary/aromatic N) is 4. The zero-order chi connectivity index (χ0) is 18.1. The number of fused-ring (bicyclic) bond motifs is 1. The Kier molecular flexibility index (Phi) is 5.08. The van der Waals surface area contributed by atoms with Crippen molar-refractivity contribution in [2.45, 2.75) is 38.5 Å². The van der Waals surface area contributed by atoms with E-state index in [-0.39, 0.29) is 0 Å². The lowest BCUT2D eigenvalue weighted by atomic mass is 10.1. The molecular formula is C22H31N4P. The van der Waals surface area contributed by atoms with E-state index in [0.29, 0.717) is 0 Å². The summed E-state index contributed by atoms with van der Waals surface area (Å²) in [6.45, 7) is 7.30. The molecule has 5 rings (SSSR count). The average Bonchev–Trinajstić information content (AvgIpc) is 3.50. The Morgan fingerprint density at radius 2 is 1.07 bits per heavy atom. The molecule has 3 fully saturated rings. The van der Waals surface area contributed by atoms with Gasteiger partial charge in [-0.25, -0.2) is 18.8 Å². The third kappa shape index (κ3) is 3.17. The molecule has 0 saturated carbocycles. The van der Waals surface area contributed by atoms with E-state index in [1.165, 1.54) is 94.3 Å². The summed E-state index contributed by atoms with van der Waals surface area (Å²) in [6, 6.07) is 15.4. The van der Waals surface area contributed by atoms with Crippen molar-refractivity contribution in [1.29, 1.82) is 0 Å². The summed E-state index contributed by atoms with van der Waals surface area (Å²) in [5.74, 6) is 0. The van der Waals surface area contributed by atoms with E-state index in [9.17, 15) is 0 Å². The minimum absolute atomic E-state index is 1.20. The van der Waals surface area contributed by atoms with Gasteiger partial charge in [0.1, 0.15) is 0 Å². The van der Waals surface area contributed by atoms with Crippen LogP contribution in [-0.2, 0) is 0 Å². The van der Waals surface area contributed by atoms with Crippen LogP contribution in [0.3, 0.4) is 0 Å². The van der Waals surface area contributed by atoms with E-state index >= 15 is 0 Å². The Morgan fingerprint density at radius 1 is 0.593 bits per heavy atom. The van der Waals surface area contributed by atoms with Crippen LogP contribution in [-0.4, -0.2) is 53.3 Å². The highest BCUT2D eigenvalue weighted by atomic mass is 31.2. The van der Waals surface area contributed by atoms with Gasteiger partial charge in [0.2, 0.25) is 0 Å². The number of hydrogen-bond donors (Lipinski definition) is 0. The summed E-state index contributed by atoms with van der Waals surface area (Å²) < 4.78 is 14.1. The zero-order valence-corrected chi connectivity index (χ0v) is 17.2. The van der Waals surface area contributed by atoms with Gasteiger partial charge in [0.25, 0.3) is 0 Å². The van der Waals surface area contributed by atoms with Crippen LogP contribution in [0.25, 0.3) is 10.8 Å². The fourth-order valence-electron chi connectivity index (χ4n) is 5.07. The van der Waals surface area contributed by atoms with Gasteiger partial charge in [0.15, 0.2) is 7.51 Å². The molecule has 0 atom stereocenters. The van der Waals surface area contributed by atoms with Crippen molar-refractivity contribution in [3.05, 3.63) is 42.5 Å². The molecule has 2 aromatic carbocycles. The molecule has 0 radical (unpaired) electrons. The second-order valence-corrected chi connectivity index (χ2v) is 11.1. The molecule has 144 valence electrons. The molecule has 3 aliphatic rings. The molecule has 0 N–H and O–H groups in total. The van der Waals surface area contributed by atoms with Crippen LogP contribution in [0.2, 0.25) is 0 Å². The summed E-state index contributed by atoms with van der Waals surface area (Å²) in [5, 5.41) is 2.61. The van der Waals surface area contributed by atoms with Crippen molar-refractivity contribution >= 4 is 24.0 Å². The SMILES string of the molecule is c1ccc2c(N=P(N3CCCC3)(N3CCCC3)N3CCCC3)cccc2c1. The molecule has 0 unspecified atom stereocenters. The highest BCUT2D eigenvalue weighted by Gasteiger charge is 2.43. The molecule has 5 heteroatoms. The summed E-state index contributed by atoms with van der Waals surface area (Å²) >= 11 is 0. The molecule has 3 aliphatic heterocycles. The largest absolute Gasteiger partial charge is 0.246 e. The standard InChI is InChI=1S/C22H31N4P/c1-2-12-21-20(10-1)11-9-13-22(21)23-27(24-14-3-4-15-24,25-16-5-6-17-25)26-18-7-8-19-26/h1-2,9-13H,3-8,14-19H2. The van der Waals surface area contributed by atoms with Crippen LogP contribution in [0.1, 0.15) is 38.5 Å². The van der Waals surface area contributed by atoms with Gasteiger partial charge >= 0.3 is 0 Å². The van der Waals surface area contributed by atoms with Crippen molar-refractivity contribution in [3.8, 4) is 0 Å². The highest BCUT2D eigenvalue weighted by Crippen LogP contribution is 2.64. The van der Waals surface area contributed by atoms with E-state index < -0.39 is 7.51 Å². The van der Waals surface area contributed by atoms with Crippen LogP contribution < -0.4 is 0 Å². The van der Waals surface area contributed by atoms with Crippen molar-refractivity contribution in [2.75, 3.05) is 39.3 Å². The van der Waals surface area contributed by atoms with Gasteiger partial charge in [-0.05, 0) is 50.0 Å². The van der Waals surface area contributed by atoms with Crippen molar-refractivity contribution < 1.29 is 0 Å². The van der Waals surface area contributed by atoms with E-state index in [4.69, 9.17) is 4.74 Å². The first-order valence-electron chi connectivity index (χ1n) is 10.7. The summed E-state index contributed by atoms with van der Waals surface area (Å²) in [4.78, 5) is 0. The number of benzene rings is 2. The maximum atomic E-state index is 5.75. The quantitative estimate of drug-likeness (QED) is 0.633. The fourth-order valence-corrected chi connectivity index (χ4v) is 9.45. The molecule has 4 nitrogen and oxygen atoms in total. The van der Waals surface area contributed by atoms with Gasteiger partial charge in [0.05, 0.1) is 5.69 Å². The Hall–Kier alpha value is -1.19. The van der Waals surface area contributed by atoms with Crippen molar-refractivity contribution in [3.63, 3.8) is 0 Å². The molecule has 3 heterocycles. The number of hydrogen-bond acceptors (Lipinski definition) is 1.